The molecule has 1 aliphatic heterocycles. The third kappa shape index (κ3) is 3.59. The lowest BCUT2D eigenvalue weighted by molar-refractivity contribution is 0.0942. The maximum Gasteiger partial charge on any atom is 0.255 e. The third-order valence-corrected chi connectivity index (χ3v) is 4.27. The number of aliphatic hydroxyl groups excluding tert-OH is 1. The molecule has 0 saturated heterocycles. The number of aromatic nitrogens is 1. The van der Waals surface area contributed by atoms with Gasteiger partial charge < -0.3 is 20.3 Å². The van der Waals surface area contributed by atoms with Crippen LogP contribution in [0.15, 0.2) is 35.5 Å². The number of rotatable bonds is 4. The molecule has 126 valence electrons. The molecule has 0 saturated carbocycles. The van der Waals surface area contributed by atoms with E-state index in [4.69, 9.17) is 5.11 Å². The van der Waals surface area contributed by atoms with Gasteiger partial charge in [-0.05, 0) is 40.8 Å². The molecule has 2 heterocycles. The van der Waals surface area contributed by atoms with Gasteiger partial charge in [0.25, 0.3) is 5.91 Å². The number of nitrogens with zero attached hydrogens (tertiary/aromatic N) is 2. The summed E-state index contributed by atoms with van der Waals surface area (Å²) in [5.74, 6) is 0.0408. The molecule has 3 rings (SSSR count). The Morgan fingerprint density at radius 3 is 3.04 bits per heavy atom. The number of aliphatic hydroxyl groups is 1. The fourth-order valence-electron chi connectivity index (χ4n) is 2.46. The lowest BCUT2D eigenvalue weighted by Gasteiger charge is -2.09. The van der Waals surface area contributed by atoms with E-state index in [0.717, 1.165) is 22.5 Å². The van der Waals surface area contributed by atoms with Crippen molar-refractivity contribution in [2.24, 2.45) is 4.99 Å². The molecule has 0 bridgehead atoms. The number of hydrogen-bond donors (Lipinski definition) is 3. The highest BCUT2D eigenvalue weighted by Crippen LogP contribution is 2.20. The Bertz CT molecular complexity index is 850. The molecule has 0 spiro atoms. The summed E-state index contributed by atoms with van der Waals surface area (Å²) in [6, 6.07) is 6.47. The number of amides is 1. The van der Waals surface area contributed by atoms with Gasteiger partial charge in [-0.2, -0.15) is 0 Å². The van der Waals surface area contributed by atoms with Crippen LogP contribution in [0.25, 0.3) is 0 Å². The van der Waals surface area contributed by atoms with E-state index in [0.29, 0.717) is 10.9 Å². The molecule has 1 aromatic heterocycles. The fraction of sp³-hybridized carbons (Fsp3) is 0.250. The van der Waals surface area contributed by atoms with Crippen molar-refractivity contribution >= 4 is 40.0 Å². The highest BCUT2D eigenvalue weighted by atomic mass is 127. The first-order valence-electron chi connectivity index (χ1n) is 7.45. The zero-order chi connectivity index (χ0) is 17.1. The number of carbonyl (C=O) groups is 1. The molecule has 0 fully saturated rings. The van der Waals surface area contributed by atoms with Crippen LogP contribution >= 0.6 is 22.6 Å². The molecule has 24 heavy (non-hydrogen) atoms. The minimum Gasteiger partial charge on any atom is -0.395 e. The topological polar surface area (TPSA) is 78.7 Å². The van der Waals surface area contributed by atoms with Gasteiger partial charge in [-0.25, -0.2) is 9.38 Å². The van der Waals surface area contributed by atoms with Gasteiger partial charge in [-0.3, -0.25) is 4.79 Å². The van der Waals surface area contributed by atoms with Gasteiger partial charge in [0.2, 0.25) is 0 Å². The van der Waals surface area contributed by atoms with Crippen LogP contribution in [0.4, 0.5) is 15.9 Å². The molecule has 0 unspecified atom stereocenters. The monoisotopic (exact) mass is 442 g/mol. The summed E-state index contributed by atoms with van der Waals surface area (Å²) >= 11 is 2.03. The largest absolute Gasteiger partial charge is 0.395 e. The Hall–Kier alpha value is -1.94. The van der Waals surface area contributed by atoms with Crippen molar-refractivity contribution in [1.29, 1.82) is 0 Å². The summed E-state index contributed by atoms with van der Waals surface area (Å²) in [5, 5.41) is 15.1. The first-order chi connectivity index (χ1) is 11.6. The second-order valence-corrected chi connectivity index (χ2v) is 6.51. The summed E-state index contributed by atoms with van der Waals surface area (Å²) in [6.07, 6.45) is 1.70. The van der Waals surface area contributed by atoms with Crippen LogP contribution in [-0.2, 0) is 6.54 Å². The Morgan fingerprint density at radius 2 is 2.29 bits per heavy atom. The quantitative estimate of drug-likeness (QED) is 0.630. The number of pyridine rings is 1. The standard InChI is InChI=1S/C16H16FIN4O2/c17-12-7-10(18)1-2-13(12)21-14-8-15-19-3-5-22(15)9-11(14)16(24)20-4-6-23/h1-2,7-9,19,23H,3-6H2,(H,20,24). The zero-order valence-electron chi connectivity index (χ0n) is 12.7. The van der Waals surface area contributed by atoms with E-state index in [-0.39, 0.29) is 24.7 Å². The molecule has 8 heteroatoms. The number of benzene rings is 1. The van der Waals surface area contributed by atoms with Gasteiger partial charge in [-0.1, -0.05) is 0 Å². The van der Waals surface area contributed by atoms with E-state index in [1.807, 2.05) is 27.2 Å². The second kappa shape index (κ2) is 7.31. The van der Waals surface area contributed by atoms with E-state index < -0.39 is 5.82 Å². The zero-order valence-corrected chi connectivity index (χ0v) is 14.9. The third-order valence-electron chi connectivity index (χ3n) is 3.60. The minimum atomic E-state index is -0.440. The highest BCUT2D eigenvalue weighted by molar-refractivity contribution is 14.1. The first-order valence-corrected chi connectivity index (χ1v) is 8.53. The molecular weight excluding hydrogens is 426 g/mol. The first kappa shape index (κ1) is 16.9. The Labute approximate surface area is 151 Å². The van der Waals surface area contributed by atoms with Crippen LogP contribution in [0.3, 0.4) is 0 Å². The van der Waals surface area contributed by atoms with E-state index in [1.165, 1.54) is 6.07 Å². The molecule has 2 aromatic rings. The summed E-state index contributed by atoms with van der Waals surface area (Å²) < 4.78 is 16.8. The summed E-state index contributed by atoms with van der Waals surface area (Å²) in [6.45, 7) is 1.51. The molecule has 0 aliphatic carbocycles. The van der Waals surface area contributed by atoms with Crippen LogP contribution in [0, 0.1) is 9.39 Å². The van der Waals surface area contributed by atoms with Crippen molar-refractivity contribution in [2.75, 3.05) is 25.0 Å². The summed E-state index contributed by atoms with van der Waals surface area (Å²) in [5.41, 5.74) is 0.517. The Balaban J connectivity index is 2.11. The maximum absolute atomic E-state index is 14.1. The number of fused-ring (bicyclic) bond motifs is 1. The highest BCUT2D eigenvalue weighted by Gasteiger charge is 2.15. The van der Waals surface area contributed by atoms with Crippen LogP contribution in [0.1, 0.15) is 10.4 Å². The smallest absolute Gasteiger partial charge is 0.255 e. The molecule has 3 N–H and O–H groups in total. The fourth-order valence-corrected chi connectivity index (χ4v) is 2.91. The van der Waals surface area contributed by atoms with Crippen molar-refractivity contribution in [1.82, 2.24) is 9.88 Å². The second-order valence-electron chi connectivity index (χ2n) is 5.26. The summed E-state index contributed by atoms with van der Waals surface area (Å²) in [4.78, 5) is 16.7. The molecular formula is C16H16FIN4O2. The van der Waals surface area contributed by atoms with E-state index in [9.17, 15) is 9.18 Å². The van der Waals surface area contributed by atoms with Gasteiger partial charge in [0.05, 0.1) is 23.2 Å². The maximum atomic E-state index is 14.1. The SMILES string of the molecule is O=C(NCCO)c1cn2c(cc1=Nc1ccc(I)cc1F)NCC2. The van der Waals surface area contributed by atoms with Gasteiger partial charge in [0.1, 0.15) is 11.6 Å². The predicted molar refractivity (Wildman–Crippen MR) is 96.7 cm³/mol. The van der Waals surface area contributed by atoms with Gasteiger partial charge in [-0.15, -0.1) is 0 Å². The van der Waals surface area contributed by atoms with Gasteiger partial charge >= 0.3 is 0 Å². The number of halogens is 2. The number of hydrogen-bond acceptors (Lipinski definition) is 4. The molecule has 6 nitrogen and oxygen atoms in total. The average molecular weight is 442 g/mol. The molecule has 1 amide bonds. The predicted octanol–water partition coefficient (Wildman–Crippen LogP) is 1.61. The van der Waals surface area contributed by atoms with E-state index in [1.54, 1.807) is 24.4 Å². The minimum absolute atomic E-state index is 0.149. The van der Waals surface area contributed by atoms with Gasteiger partial charge in [0, 0.05) is 35.5 Å². The van der Waals surface area contributed by atoms with Crippen molar-refractivity contribution in [2.45, 2.75) is 6.54 Å². The molecule has 0 radical (unpaired) electrons. The van der Waals surface area contributed by atoms with Crippen molar-refractivity contribution < 1.29 is 14.3 Å². The van der Waals surface area contributed by atoms with Crippen LogP contribution in [-0.4, -0.2) is 35.3 Å². The molecule has 1 aliphatic rings. The normalized spacial score (nSPS) is 13.5. The van der Waals surface area contributed by atoms with Crippen LogP contribution < -0.4 is 16.0 Å². The molecule has 0 atom stereocenters. The van der Waals surface area contributed by atoms with Gasteiger partial charge in [0.15, 0.2) is 0 Å². The number of anilines is 1. The Kier molecular flexibility index (Phi) is 5.14. The lowest BCUT2D eigenvalue weighted by atomic mass is 10.2. The number of carbonyl (C=O) groups excluding carboxylic acids is 1. The number of nitrogens with one attached hydrogen (secondary N) is 2. The average Bonchev–Trinajstić information content (AvgIpc) is 3.01. The van der Waals surface area contributed by atoms with Crippen molar-refractivity contribution in [3.8, 4) is 0 Å². The van der Waals surface area contributed by atoms with E-state index in [2.05, 4.69) is 15.6 Å². The van der Waals surface area contributed by atoms with Crippen molar-refractivity contribution in [3.05, 3.63) is 50.8 Å². The van der Waals surface area contributed by atoms with E-state index >= 15 is 0 Å². The molecule has 1 aromatic carbocycles. The summed E-state index contributed by atoms with van der Waals surface area (Å²) in [7, 11) is 0. The van der Waals surface area contributed by atoms with Crippen molar-refractivity contribution in [3.63, 3.8) is 0 Å². The van der Waals surface area contributed by atoms with Crippen LogP contribution in [0.5, 0.6) is 0 Å². The lowest BCUT2D eigenvalue weighted by Crippen LogP contribution is -2.31. The Morgan fingerprint density at radius 1 is 1.46 bits per heavy atom. The van der Waals surface area contributed by atoms with Crippen LogP contribution in [0.2, 0.25) is 0 Å².